The number of nitrogens with one attached hydrogen (secondary N) is 2. The SMILES string of the molecule is O=C(NCCN1CCCCC1)Nc1nc2ccc([N+](=O)[O-])cc2s1. The summed E-state index contributed by atoms with van der Waals surface area (Å²) in [6.45, 7) is 3.63. The van der Waals surface area contributed by atoms with Crippen LogP contribution in [-0.4, -0.2) is 47.0 Å². The highest BCUT2D eigenvalue weighted by atomic mass is 32.1. The molecular weight excluding hydrogens is 330 g/mol. The van der Waals surface area contributed by atoms with Gasteiger partial charge in [0.2, 0.25) is 0 Å². The van der Waals surface area contributed by atoms with Gasteiger partial charge in [0.05, 0.1) is 15.1 Å². The molecule has 3 rings (SSSR count). The van der Waals surface area contributed by atoms with Crippen molar-refractivity contribution in [2.24, 2.45) is 0 Å². The van der Waals surface area contributed by atoms with E-state index in [2.05, 4.69) is 20.5 Å². The Morgan fingerprint density at radius 1 is 1.33 bits per heavy atom. The maximum atomic E-state index is 11.9. The summed E-state index contributed by atoms with van der Waals surface area (Å²) in [6, 6.07) is 4.15. The highest BCUT2D eigenvalue weighted by Gasteiger charge is 2.13. The average molecular weight is 349 g/mol. The summed E-state index contributed by atoms with van der Waals surface area (Å²) in [4.78, 5) is 28.9. The molecule has 1 aliphatic rings. The molecule has 9 heteroatoms. The number of nitro groups is 1. The van der Waals surface area contributed by atoms with Crippen LogP contribution in [0.15, 0.2) is 18.2 Å². The lowest BCUT2D eigenvalue weighted by Gasteiger charge is -2.26. The lowest BCUT2D eigenvalue weighted by Crippen LogP contribution is -2.39. The second kappa shape index (κ2) is 7.54. The Hall–Kier alpha value is -2.26. The van der Waals surface area contributed by atoms with Gasteiger partial charge in [-0.3, -0.25) is 15.4 Å². The zero-order valence-corrected chi connectivity index (χ0v) is 14.0. The van der Waals surface area contributed by atoms with Gasteiger partial charge in [0.25, 0.3) is 5.69 Å². The first-order valence-corrected chi connectivity index (χ1v) is 8.76. The van der Waals surface area contributed by atoms with E-state index in [4.69, 9.17) is 0 Å². The van der Waals surface area contributed by atoms with E-state index in [0.29, 0.717) is 21.9 Å². The second-order valence-corrected chi connectivity index (χ2v) is 6.74. The van der Waals surface area contributed by atoms with Crippen LogP contribution in [0, 0.1) is 10.1 Å². The number of non-ortho nitro benzene ring substituents is 1. The molecule has 24 heavy (non-hydrogen) atoms. The summed E-state index contributed by atoms with van der Waals surface area (Å²) in [5.41, 5.74) is 0.651. The minimum Gasteiger partial charge on any atom is -0.337 e. The quantitative estimate of drug-likeness (QED) is 0.638. The molecule has 0 radical (unpaired) electrons. The number of urea groups is 1. The minimum absolute atomic E-state index is 0.0173. The van der Waals surface area contributed by atoms with E-state index in [1.807, 2.05) is 0 Å². The molecule has 2 amide bonds. The van der Waals surface area contributed by atoms with Gasteiger partial charge in [-0.25, -0.2) is 9.78 Å². The average Bonchev–Trinajstić information content (AvgIpc) is 2.96. The summed E-state index contributed by atoms with van der Waals surface area (Å²) < 4.78 is 0.674. The van der Waals surface area contributed by atoms with E-state index >= 15 is 0 Å². The number of nitro benzene ring substituents is 1. The number of hydrogen-bond donors (Lipinski definition) is 2. The Bertz CT molecular complexity index is 742. The molecule has 0 atom stereocenters. The van der Waals surface area contributed by atoms with Gasteiger partial charge in [-0.15, -0.1) is 0 Å². The zero-order valence-electron chi connectivity index (χ0n) is 13.2. The van der Waals surface area contributed by atoms with Crippen LogP contribution in [0.4, 0.5) is 15.6 Å². The Morgan fingerprint density at radius 2 is 2.12 bits per heavy atom. The number of fused-ring (bicyclic) bond motifs is 1. The largest absolute Gasteiger partial charge is 0.337 e. The van der Waals surface area contributed by atoms with Gasteiger partial charge in [-0.2, -0.15) is 0 Å². The summed E-state index contributed by atoms with van der Waals surface area (Å²) in [6.07, 6.45) is 3.74. The van der Waals surface area contributed by atoms with Crippen molar-refractivity contribution in [2.45, 2.75) is 19.3 Å². The Kier molecular flexibility index (Phi) is 5.21. The van der Waals surface area contributed by atoms with Gasteiger partial charge in [-0.1, -0.05) is 17.8 Å². The predicted molar refractivity (Wildman–Crippen MR) is 93.6 cm³/mol. The number of carbonyl (C=O) groups is 1. The monoisotopic (exact) mass is 349 g/mol. The highest BCUT2D eigenvalue weighted by molar-refractivity contribution is 7.22. The Morgan fingerprint density at radius 3 is 2.88 bits per heavy atom. The Labute approximate surface area is 143 Å². The fraction of sp³-hybridized carbons (Fsp3) is 0.467. The van der Waals surface area contributed by atoms with Crippen LogP contribution in [-0.2, 0) is 0 Å². The highest BCUT2D eigenvalue weighted by Crippen LogP contribution is 2.28. The maximum Gasteiger partial charge on any atom is 0.321 e. The molecule has 0 spiro atoms. The van der Waals surface area contributed by atoms with E-state index in [1.165, 1.54) is 42.7 Å². The van der Waals surface area contributed by atoms with Crippen LogP contribution < -0.4 is 10.6 Å². The molecular formula is C15H19N5O3S. The first kappa shape index (κ1) is 16.6. The number of rotatable bonds is 5. The van der Waals surface area contributed by atoms with Gasteiger partial charge in [0.1, 0.15) is 0 Å². The number of amides is 2. The number of thiazole rings is 1. The number of hydrogen-bond acceptors (Lipinski definition) is 6. The molecule has 2 aromatic rings. The third kappa shape index (κ3) is 4.18. The van der Waals surface area contributed by atoms with E-state index in [-0.39, 0.29) is 11.7 Å². The number of nitrogens with zero attached hydrogens (tertiary/aromatic N) is 3. The number of benzene rings is 1. The molecule has 2 heterocycles. The van der Waals surface area contributed by atoms with E-state index in [1.54, 1.807) is 6.07 Å². The summed E-state index contributed by atoms with van der Waals surface area (Å²) >= 11 is 1.22. The zero-order chi connectivity index (χ0) is 16.9. The van der Waals surface area contributed by atoms with Crippen LogP contribution >= 0.6 is 11.3 Å². The van der Waals surface area contributed by atoms with Crippen molar-refractivity contribution in [1.82, 2.24) is 15.2 Å². The molecule has 1 aliphatic heterocycles. The van der Waals surface area contributed by atoms with Crippen LogP contribution in [0.2, 0.25) is 0 Å². The molecule has 0 unspecified atom stereocenters. The fourth-order valence-electron chi connectivity index (χ4n) is 2.73. The van der Waals surface area contributed by atoms with Gasteiger partial charge in [0, 0.05) is 25.2 Å². The molecule has 0 aliphatic carbocycles. The van der Waals surface area contributed by atoms with E-state index in [9.17, 15) is 14.9 Å². The Balaban J connectivity index is 1.52. The van der Waals surface area contributed by atoms with Gasteiger partial charge in [0.15, 0.2) is 5.13 Å². The van der Waals surface area contributed by atoms with Gasteiger partial charge < -0.3 is 10.2 Å². The fourth-order valence-corrected chi connectivity index (χ4v) is 3.63. The molecule has 1 aromatic heterocycles. The van der Waals surface area contributed by atoms with Crippen molar-refractivity contribution in [3.8, 4) is 0 Å². The van der Waals surface area contributed by atoms with Crippen molar-refractivity contribution < 1.29 is 9.72 Å². The predicted octanol–water partition coefficient (Wildman–Crippen LogP) is 2.81. The lowest BCUT2D eigenvalue weighted by atomic mass is 10.1. The van der Waals surface area contributed by atoms with Crippen molar-refractivity contribution in [3.05, 3.63) is 28.3 Å². The number of likely N-dealkylation sites (tertiary alicyclic amines) is 1. The maximum absolute atomic E-state index is 11.9. The third-order valence-corrected chi connectivity index (χ3v) is 4.90. The molecule has 1 aromatic carbocycles. The summed E-state index contributed by atoms with van der Waals surface area (Å²) in [5, 5.41) is 16.7. The lowest BCUT2D eigenvalue weighted by molar-refractivity contribution is -0.384. The van der Waals surface area contributed by atoms with Crippen LogP contribution in [0.1, 0.15) is 19.3 Å². The molecule has 2 N–H and O–H groups in total. The van der Waals surface area contributed by atoms with Crippen LogP contribution in [0.3, 0.4) is 0 Å². The summed E-state index contributed by atoms with van der Waals surface area (Å²) in [7, 11) is 0. The number of carbonyl (C=O) groups excluding carboxylic acids is 1. The standard InChI is InChI=1S/C15H19N5O3S/c21-14(16-6-9-19-7-2-1-3-8-19)18-15-17-12-5-4-11(20(22)23)10-13(12)24-15/h4-5,10H,1-3,6-9H2,(H2,16,17,18,21). The van der Waals surface area contributed by atoms with E-state index < -0.39 is 4.92 Å². The third-order valence-electron chi connectivity index (χ3n) is 3.97. The number of anilines is 1. The van der Waals surface area contributed by atoms with Crippen LogP contribution in [0.5, 0.6) is 0 Å². The first-order valence-electron chi connectivity index (χ1n) is 7.94. The van der Waals surface area contributed by atoms with Crippen molar-refractivity contribution in [3.63, 3.8) is 0 Å². The molecule has 1 saturated heterocycles. The van der Waals surface area contributed by atoms with Crippen molar-refractivity contribution in [2.75, 3.05) is 31.5 Å². The summed E-state index contributed by atoms with van der Waals surface area (Å²) in [5.74, 6) is 0. The number of aromatic nitrogens is 1. The molecule has 1 fully saturated rings. The topological polar surface area (TPSA) is 100 Å². The number of piperidine rings is 1. The van der Waals surface area contributed by atoms with Gasteiger partial charge in [-0.05, 0) is 32.0 Å². The van der Waals surface area contributed by atoms with Gasteiger partial charge >= 0.3 is 6.03 Å². The van der Waals surface area contributed by atoms with Crippen molar-refractivity contribution >= 4 is 38.4 Å². The van der Waals surface area contributed by atoms with E-state index in [0.717, 1.165) is 19.6 Å². The smallest absolute Gasteiger partial charge is 0.321 e. The minimum atomic E-state index is -0.445. The molecule has 0 bridgehead atoms. The molecule has 0 saturated carbocycles. The molecule has 128 valence electrons. The normalized spacial score (nSPS) is 15.3. The first-order chi connectivity index (χ1) is 11.6. The second-order valence-electron chi connectivity index (χ2n) is 5.71. The van der Waals surface area contributed by atoms with Crippen molar-refractivity contribution in [1.29, 1.82) is 0 Å². The molecule has 8 nitrogen and oxygen atoms in total. The van der Waals surface area contributed by atoms with Crippen LogP contribution in [0.25, 0.3) is 10.2 Å².